The minimum atomic E-state index is -1.14. The summed E-state index contributed by atoms with van der Waals surface area (Å²) in [4.78, 5) is 10.6. The van der Waals surface area contributed by atoms with Gasteiger partial charge in [0.2, 0.25) is 0 Å². The molecule has 3 N–H and O–H groups in total. The van der Waals surface area contributed by atoms with Crippen LogP contribution in [0, 0.1) is 23.1 Å². The van der Waals surface area contributed by atoms with E-state index in [1.54, 1.807) is 18.2 Å². The molecule has 90 valence electrons. The van der Waals surface area contributed by atoms with Crippen molar-refractivity contribution < 1.29 is 14.3 Å². The van der Waals surface area contributed by atoms with Crippen molar-refractivity contribution in [3.63, 3.8) is 0 Å². The fraction of sp³-hybridized carbons (Fsp3) is 0.333. The van der Waals surface area contributed by atoms with E-state index in [0.717, 1.165) is 5.56 Å². The molecule has 1 aromatic rings. The molecule has 5 heteroatoms. The molecular weight excluding hydrogens is 223 g/mol. The maximum atomic E-state index is 12.7. The van der Waals surface area contributed by atoms with Gasteiger partial charge in [0.25, 0.3) is 0 Å². The average molecular weight is 236 g/mol. The number of nitriles is 1. The van der Waals surface area contributed by atoms with Crippen LogP contribution in [-0.2, 0) is 4.79 Å². The van der Waals surface area contributed by atoms with Gasteiger partial charge in [-0.15, -0.1) is 0 Å². The third-order valence-electron chi connectivity index (χ3n) is 2.52. The molecule has 0 aromatic heterocycles. The molecule has 0 heterocycles. The van der Waals surface area contributed by atoms with Crippen molar-refractivity contribution in [1.82, 2.24) is 0 Å². The Hall–Kier alpha value is -1.93. The minimum absolute atomic E-state index is 0.185. The predicted octanol–water partition coefficient (Wildman–Crippen LogP) is 1.83. The Kier molecular flexibility index (Phi) is 4.61. The summed E-state index contributed by atoms with van der Waals surface area (Å²) in [6.45, 7) is 0. The van der Waals surface area contributed by atoms with Gasteiger partial charge in [-0.2, -0.15) is 5.26 Å². The number of hydrogen-bond acceptors (Lipinski definition) is 3. The Labute approximate surface area is 98.5 Å². The standard InChI is InChI=1S/C12H13FN2O2/c13-10-4-1-8(2-5-10)11(15)6-3-9(7-14)12(16)17/h1-2,4-5,9,11H,3,6,15H2,(H,16,17)/t9?,11-/m1/s1. The van der Waals surface area contributed by atoms with Crippen LogP contribution in [0.25, 0.3) is 0 Å². The summed E-state index contributed by atoms with van der Waals surface area (Å²) in [5, 5.41) is 17.3. The van der Waals surface area contributed by atoms with Crippen molar-refractivity contribution in [1.29, 1.82) is 5.26 Å². The molecule has 0 aliphatic heterocycles. The van der Waals surface area contributed by atoms with Crippen LogP contribution < -0.4 is 5.73 Å². The molecule has 0 saturated heterocycles. The van der Waals surface area contributed by atoms with Crippen LogP contribution in [-0.4, -0.2) is 11.1 Å². The van der Waals surface area contributed by atoms with E-state index >= 15 is 0 Å². The van der Waals surface area contributed by atoms with E-state index in [-0.39, 0.29) is 18.3 Å². The second-order valence-electron chi connectivity index (χ2n) is 3.76. The van der Waals surface area contributed by atoms with Crippen molar-refractivity contribution in [2.45, 2.75) is 18.9 Å². The maximum absolute atomic E-state index is 12.7. The van der Waals surface area contributed by atoms with Crippen LogP contribution in [0.15, 0.2) is 24.3 Å². The minimum Gasteiger partial charge on any atom is -0.480 e. The van der Waals surface area contributed by atoms with Gasteiger partial charge in [-0.1, -0.05) is 12.1 Å². The van der Waals surface area contributed by atoms with Gasteiger partial charge in [-0.25, -0.2) is 4.39 Å². The van der Waals surface area contributed by atoms with Gasteiger partial charge in [0.05, 0.1) is 6.07 Å². The highest BCUT2D eigenvalue weighted by Gasteiger charge is 2.18. The molecule has 4 nitrogen and oxygen atoms in total. The monoisotopic (exact) mass is 236 g/mol. The van der Waals surface area contributed by atoms with Crippen molar-refractivity contribution in [3.8, 4) is 6.07 Å². The smallest absolute Gasteiger partial charge is 0.320 e. The highest BCUT2D eigenvalue weighted by Crippen LogP contribution is 2.19. The summed E-state index contributed by atoms with van der Waals surface area (Å²) in [6, 6.07) is 7.03. The Morgan fingerprint density at radius 2 is 2.00 bits per heavy atom. The zero-order chi connectivity index (χ0) is 12.8. The van der Waals surface area contributed by atoms with Crippen LogP contribution in [0.5, 0.6) is 0 Å². The van der Waals surface area contributed by atoms with Crippen LogP contribution in [0.4, 0.5) is 4.39 Å². The number of rotatable bonds is 5. The zero-order valence-corrected chi connectivity index (χ0v) is 9.14. The van der Waals surface area contributed by atoms with Crippen LogP contribution >= 0.6 is 0 Å². The molecular formula is C12H13FN2O2. The number of carboxylic acid groups (broad SMARTS) is 1. The summed E-state index contributed by atoms with van der Waals surface area (Å²) in [6.07, 6.45) is 0.556. The van der Waals surface area contributed by atoms with E-state index in [4.69, 9.17) is 16.1 Å². The summed E-state index contributed by atoms with van der Waals surface area (Å²) < 4.78 is 12.7. The fourth-order valence-electron chi connectivity index (χ4n) is 1.47. The molecule has 0 spiro atoms. The summed E-state index contributed by atoms with van der Waals surface area (Å²) in [7, 11) is 0. The normalized spacial score (nSPS) is 13.7. The predicted molar refractivity (Wildman–Crippen MR) is 59.3 cm³/mol. The Balaban J connectivity index is 2.55. The third-order valence-corrected chi connectivity index (χ3v) is 2.52. The number of nitrogens with two attached hydrogens (primary N) is 1. The molecule has 0 fully saturated rings. The number of carbonyl (C=O) groups is 1. The van der Waals surface area contributed by atoms with Gasteiger partial charge in [-0.3, -0.25) is 4.79 Å². The number of benzene rings is 1. The summed E-state index contributed by atoms with van der Waals surface area (Å²) >= 11 is 0. The van der Waals surface area contributed by atoms with E-state index < -0.39 is 11.9 Å². The largest absolute Gasteiger partial charge is 0.480 e. The second kappa shape index (κ2) is 5.97. The first-order valence-corrected chi connectivity index (χ1v) is 5.18. The van der Waals surface area contributed by atoms with Gasteiger partial charge in [0.1, 0.15) is 11.7 Å². The lowest BCUT2D eigenvalue weighted by Gasteiger charge is -2.12. The van der Waals surface area contributed by atoms with Crippen LogP contribution in [0.2, 0.25) is 0 Å². The average Bonchev–Trinajstić information content (AvgIpc) is 2.30. The Morgan fingerprint density at radius 1 is 1.41 bits per heavy atom. The molecule has 0 radical (unpaired) electrons. The van der Waals surface area contributed by atoms with Crippen LogP contribution in [0.1, 0.15) is 24.4 Å². The third kappa shape index (κ3) is 3.85. The Morgan fingerprint density at radius 3 is 2.47 bits per heavy atom. The van der Waals surface area contributed by atoms with Gasteiger partial charge >= 0.3 is 5.97 Å². The van der Waals surface area contributed by atoms with Crippen LogP contribution in [0.3, 0.4) is 0 Å². The quantitative estimate of drug-likeness (QED) is 0.816. The number of nitrogens with zero attached hydrogens (tertiary/aromatic N) is 1. The van der Waals surface area contributed by atoms with E-state index in [9.17, 15) is 9.18 Å². The topological polar surface area (TPSA) is 87.1 Å². The first-order chi connectivity index (χ1) is 8.04. The SMILES string of the molecule is N#CC(CC[C@@H](N)c1ccc(F)cc1)C(=O)O. The molecule has 0 aliphatic rings. The van der Waals surface area contributed by atoms with Crippen molar-refractivity contribution >= 4 is 5.97 Å². The maximum Gasteiger partial charge on any atom is 0.320 e. The molecule has 0 amide bonds. The zero-order valence-electron chi connectivity index (χ0n) is 9.14. The Bertz CT molecular complexity index is 425. The lowest BCUT2D eigenvalue weighted by atomic mass is 9.97. The second-order valence-corrected chi connectivity index (χ2v) is 3.76. The molecule has 0 aliphatic carbocycles. The lowest BCUT2D eigenvalue weighted by molar-refractivity contribution is -0.140. The molecule has 1 unspecified atom stereocenters. The summed E-state index contributed by atoms with van der Waals surface area (Å²) in [5.41, 5.74) is 6.55. The molecule has 2 atom stereocenters. The molecule has 0 bridgehead atoms. The highest BCUT2D eigenvalue weighted by atomic mass is 19.1. The van der Waals surface area contributed by atoms with Gasteiger partial charge < -0.3 is 10.8 Å². The fourth-order valence-corrected chi connectivity index (χ4v) is 1.47. The molecule has 17 heavy (non-hydrogen) atoms. The number of aliphatic carboxylic acids is 1. The van der Waals surface area contributed by atoms with Crippen molar-refractivity contribution in [2.24, 2.45) is 11.7 Å². The van der Waals surface area contributed by atoms with E-state index in [2.05, 4.69) is 0 Å². The number of halogens is 1. The first-order valence-electron chi connectivity index (χ1n) is 5.18. The number of hydrogen-bond donors (Lipinski definition) is 2. The van der Waals surface area contributed by atoms with E-state index in [1.165, 1.54) is 12.1 Å². The number of carboxylic acids is 1. The van der Waals surface area contributed by atoms with Gasteiger partial charge in [0.15, 0.2) is 0 Å². The van der Waals surface area contributed by atoms with E-state index in [0.29, 0.717) is 6.42 Å². The van der Waals surface area contributed by atoms with E-state index in [1.807, 2.05) is 0 Å². The van der Waals surface area contributed by atoms with Crippen molar-refractivity contribution in [3.05, 3.63) is 35.6 Å². The molecule has 1 aromatic carbocycles. The van der Waals surface area contributed by atoms with Gasteiger partial charge in [-0.05, 0) is 30.5 Å². The van der Waals surface area contributed by atoms with Crippen molar-refractivity contribution in [2.75, 3.05) is 0 Å². The lowest BCUT2D eigenvalue weighted by Crippen LogP contribution is -2.16. The highest BCUT2D eigenvalue weighted by molar-refractivity contribution is 5.72. The molecule has 1 rings (SSSR count). The summed E-state index contributed by atoms with van der Waals surface area (Å²) in [5.74, 6) is -2.53. The van der Waals surface area contributed by atoms with Gasteiger partial charge in [0, 0.05) is 6.04 Å². The molecule has 0 saturated carbocycles. The first kappa shape index (κ1) is 13.1.